The van der Waals surface area contributed by atoms with Crippen LogP contribution in [0, 0.1) is 0 Å². The van der Waals surface area contributed by atoms with Crippen molar-refractivity contribution in [2.75, 3.05) is 0 Å². The maximum atomic E-state index is 12.4. The Balaban J connectivity index is 2.45. The lowest BCUT2D eigenvalue weighted by molar-refractivity contribution is 0.0697. The molecule has 98 valence electrons. The van der Waals surface area contributed by atoms with Gasteiger partial charge in [-0.25, -0.2) is 4.79 Å². The summed E-state index contributed by atoms with van der Waals surface area (Å²) < 4.78 is 33.1. The first-order valence-electron chi connectivity index (χ1n) is 5.25. The monoisotopic (exact) mass is 280 g/mol. The molecular weight excluding hydrogens is 271 g/mol. The number of carbonyl (C=O) groups is 1. The number of rotatable bonds is 3. The summed E-state index contributed by atoms with van der Waals surface area (Å²) in [5.41, 5.74) is 0.680. The van der Waals surface area contributed by atoms with Gasteiger partial charge in [0.25, 0.3) is 0 Å². The fourth-order valence-corrected chi connectivity index (χ4v) is 1.98. The van der Waals surface area contributed by atoms with E-state index >= 15 is 0 Å². The van der Waals surface area contributed by atoms with E-state index in [1.165, 1.54) is 12.1 Å². The molecule has 2 rings (SSSR count). The molecule has 4 nitrogen and oxygen atoms in total. The number of carboxylic acid groups (broad SMARTS) is 1. The molecule has 0 aromatic heterocycles. The van der Waals surface area contributed by atoms with E-state index in [1.54, 1.807) is 24.3 Å². The van der Waals surface area contributed by atoms with Crippen LogP contribution in [0.1, 0.15) is 15.9 Å². The summed E-state index contributed by atoms with van der Waals surface area (Å²) in [7, 11) is -4.65. The lowest BCUT2D eigenvalue weighted by Crippen LogP contribution is -1.95. The minimum absolute atomic E-state index is 0.169. The Kier molecular flexibility index (Phi) is 3.35. The second kappa shape index (κ2) is 4.81. The first-order chi connectivity index (χ1) is 8.85. The van der Waals surface area contributed by atoms with Crippen molar-refractivity contribution in [1.29, 1.82) is 0 Å². The van der Waals surface area contributed by atoms with Crippen LogP contribution in [-0.4, -0.2) is 19.5 Å². The standard InChI is InChI=1S/C13H9FO4S/c14-19(17,18)6-5-9-1-2-11-8-12(13(15)16)4-3-10(11)7-9/h1-8H,(H,15,16). The molecular formula is C13H9FO4S. The third kappa shape index (κ3) is 3.38. The Morgan fingerprint density at radius 3 is 2.37 bits per heavy atom. The fourth-order valence-electron chi connectivity index (χ4n) is 1.66. The molecule has 6 heteroatoms. The molecule has 0 radical (unpaired) electrons. The van der Waals surface area contributed by atoms with Crippen molar-refractivity contribution in [3.63, 3.8) is 0 Å². The summed E-state index contributed by atoms with van der Waals surface area (Å²) in [5.74, 6) is -1.02. The summed E-state index contributed by atoms with van der Waals surface area (Å²) in [6.45, 7) is 0. The Hall–Kier alpha value is -2.21. The highest BCUT2D eigenvalue weighted by atomic mass is 32.3. The molecule has 0 aliphatic heterocycles. The van der Waals surface area contributed by atoms with Gasteiger partial charge < -0.3 is 5.11 Å². The van der Waals surface area contributed by atoms with Crippen LogP contribution in [-0.2, 0) is 10.2 Å². The molecule has 0 unspecified atom stereocenters. The summed E-state index contributed by atoms with van der Waals surface area (Å²) >= 11 is 0. The molecule has 2 aromatic carbocycles. The maximum absolute atomic E-state index is 12.4. The quantitative estimate of drug-likeness (QED) is 0.877. The zero-order valence-corrected chi connectivity index (χ0v) is 10.4. The summed E-state index contributed by atoms with van der Waals surface area (Å²) in [4.78, 5) is 10.8. The molecule has 19 heavy (non-hydrogen) atoms. The van der Waals surface area contributed by atoms with Gasteiger partial charge >= 0.3 is 16.2 Å². The number of hydrogen-bond donors (Lipinski definition) is 1. The minimum atomic E-state index is -4.65. The van der Waals surface area contributed by atoms with Crippen molar-refractivity contribution in [2.45, 2.75) is 0 Å². The topological polar surface area (TPSA) is 71.4 Å². The van der Waals surface area contributed by atoms with Crippen LogP contribution >= 0.6 is 0 Å². The lowest BCUT2D eigenvalue weighted by Gasteiger charge is -2.01. The van der Waals surface area contributed by atoms with Crippen molar-refractivity contribution in [1.82, 2.24) is 0 Å². The average molecular weight is 280 g/mol. The smallest absolute Gasteiger partial charge is 0.335 e. The molecule has 0 amide bonds. The number of halogens is 1. The van der Waals surface area contributed by atoms with Gasteiger partial charge in [-0.2, -0.15) is 8.42 Å². The van der Waals surface area contributed by atoms with Gasteiger partial charge in [0.1, 0.15) is 0 Å². The van der Waals surface area contributed by atoms with Crippen LogP contribution in [0.15, 0.2) is 41.8 Å². The Morgan fingerprint density at radius 1 is 1.11 bits per heavy atom. The number of aromatic carboxylic acids is 1. The molecule has 0 spiro atoms. The first kappa shape index (κ1) is 13.2. The number of fused-ring (bicyclic) bond motifs is 1. The predicted molar refractivity (Wildman–Crippen MR) is 70.0 cm³/mol. The Morgan fingerprint density at radius 2 is 1.74 bits per heavy atom. The third-order valence-corrected chi connectivity index (χ3v) is 3.00. The van der Waals surface area contributed by atoms with Gasteiger partial charge in [0, 0.05) is 0 Å². The van der Waals surface area contributed by atoms with Crippen LogP contribution in [0.4, 0.5) is 3.89 Å². The van der Waals surface area contributed by atoms with Gasteiger partial charge in [0.05, 0.1) is 11.0 Å². The van der Waals surface area contributed by atoms with E-state index in [0.29, 0.717) is 16.4 Å². The van der Waals surface area contributed by atoms with E-state index in [-0.39, 0.29) is 5.56 Å². The molecule has 0 aliphatic carbocycles. The number of benzene rings is 2. The van der Waals surface area contributed by atoms with Gasteiger partial charge in [-0.3, -0.25) is 0 Å². The van der Waals surface area contributed by atoms with Crippen LogP contribution < -0.4 is 0 Å². The molecule has 0 bridgehead atoms. The van der Waals surface area contributed by atoms with Gasteiger partial charge in [0.15, 0.2) is 0 Å². The van der Waals surface area contributed by atoms with Crippen LogP contribution in [0.3, 0.4) is 0 Å². The highest BCUT2D eigenvalue weighted by Gasteiger charge is 2.04. The largest absolute Gasteiger partial charge is 0.478 e. The highest BCUT2D eigenvalue weighted by Crippen LogP contribution is 2.19. The van der Waals surface area contributed by atoms with Crippen LogP contribution in [0.5, 0.6) is 0 Å². The van der Waals surface area contributed by atoms with E-state index in [1.807, 2.05) is 0 Å². The molecule has 0 atom stereocenters. The highest BCUT2D eigenvalue weighted by molar-refractivity contribution is 7.89. The van der Waals surface area contributed by atoms with Gasteiger partial charge in [-0.1, -0.05) is 18.2 Å². The van der Waals surface area contributed by atoms with Crippen molar-refractivity contribution >= 4 is 33.0 Å². The van der Waals surface area contributed by atoms with E-state index in [4.69, 9.17) is 5.11 Å². The lowest BCUT2D eigenvalue weighted by atomic mass is 10.0. The zero-order chi connectivity index (χ0) is 14.0. The Bertz CT molecular complexity index is 778. The van der Waals surface area contributed by atoms with E-state index in [2.05, 4.69) is 0 Å². The Labute approximate surface area is 109 Å². The maximum Gasteiger partial charge on any atom is 0.335 e. The summed E-state index contributed by atoms with van der Waals surface area (Å²) in [6.07, 6.45) is 1.14. The van der Waals surface area contributed by atoms with Gasteiger partial charge in [-0.15, -0.1) is 3.89 Å². The molecule has 2 aromatic rings. The minimum Gasteiger partial charge on any atom is -0.478 e. The second-order valence-electron chi connectivity index (χ2n) is 3.90. The third-order valence-electron chi connectivity index (χ3n) is 2.53. The SMILES string of the molecule is O=C(O)c1ccc2cc(C=CS(=O)(=O)F)ccc2c1. The van der Waals surface area contributed by atoms with Gasteiger partial charge in [0.2, 0.25) is 0 Å². The van der Waals surface area contributed by atoms with Crippen molar-refractivity contribution < 1.29 is 22.2 Å². The van der Waals surface area contributed by atoms with Crippen molar-refractivity contribution in [3.05, 3.63) is 52.9 Å². The summed E-state index contributed by atoms with van der Waals surface area (Å²) in [6, 6.07) is 9.44. The zero-order valence-electron chi connectivity index (χ0n) is 9.58. The first-order valence-corrected chi connectivity index (χ1v) is 6.70. The van der Waals surface area contributed by atoms with Crippen LogP contribution in [0.2, 0.25) is 0 Å². The molecule has 1 N–H and O–H groups in total. The van der Waals surface area contributed by atoms with Gasteiger partial charge in [-0.05, 0) is 40.6 Å². The normalized spacial score (nSPS) is 12.1. The van der Waals surface area contributed by atoms with E-state index in [0.717, 1.165) is 11.5 Å². The average Bonchev–Trinajstić information content (AvgIpc) is 2.34. The second-order valence-corrected chi connectivity index (χ2v) is 5.13. The predicted octanol–water partition coefficient (Wildman–Crippen LogP) is 2.81. The molecule has 0 saturated heterocycles. The van der Waals surface area contributed by atoms with Crippen molar-refractivity contribution in [2.24, 2.45) is 0 Å². The number of hydrogen-bond acceptors (Lipinski definition) is 3. The number of carboxylic acids is 1. The molecule has 0 saturated carbocycles. The molecule has 0 aliphatic rings. The van der Waals surface area contributed by atoms with E-state index < -0.39 is 16.2 Å². The van der Waals surface area contributed by atoms with Crippen molar-refractivity contribution in [3.8, 4) is 0 Å². The van der Waals surface area contributed by atoms with E-state index in [9.17, 15) is 17.1 Å². The fraction of sp³-hybridized carbons (Fsp3) is 0. The van der Waals surface area contributed by atoms with Crippen LogP contribution in [0.25, 0.3) is 16.8 Å². The molecule has 0 fully saturated rings. The summed E-state index contributed by atoms with van der Waals surface area (Å²) in [5, 5.41) is 10.8. The molecule has 0 heterocycles.